The lowest BCUT2D eigenvalue weighted by Crippen LogP contribution is -2.19. The van der Waals surface area contributed by atoms with Gasteiger partial charge < -0.3 is 10.2 Å². The molecule has 1 fully saturated rings. The Bertz CT molecular complexity index is 677. The molecule has 1 saturated heterocycles. The Balaban J connectivity index is 1.51. The standard InChI is InChI=1S/C19H24N4O/c1-3-4-10-19(21-22-19)11-9-18(24)20-16-7-8-17(15(2)14-16)23-12-5-6-13-23/h1,7-8,14H,4-6,9-13H2,2H3,(H,20,24). The van der Waals surface area contributed by atoms with E-state index in [4.69, 9.17) is 6.42 Å². The van der Waals surface area contributed by atoms with Crippen molar-refractivity contribution in [3.63, 3.8) is 0 Å². The van der Waals surface area contributed by atoms with Crippen molar-refractivity contribution < 1.29 is 4.79 Å². The van der Waals surface area contributed by atoms with Crippen molar-refractivity contribution in [3.05, 3.63) is 23.8 Å². The predicted molar refractivity (Wildman–Crippen MR) is 96.1 cm³/mol. The third-order valence-electron chi connectivity index (χ3n) is 4.73. The first-order valence-electron chi connectivity index (χ1n) is 8.65. The zero-order valence-corrected chi connectivity index (χ0v) is 14.2. The van der Waals surface area contributed by atoms with Gasteiger partial charge in [-0.3, -0.25) is 4.79 Å². The van der Waals surface area contributed by atoms with E-state index < -0.39 is 0 Å². The number of benzene rings is 1. The molecule has 0 spiro atoms. The highest BCUT2D eigenvalue weighted by molar-refractivity contribution is 5.91. The maximum absolute atomic E-state index is 12.2. The van der Waals surface area contributed by atoms with Crippen molar-refractivity contribution in [2.24, 2.45) is 10.2 Å². The number of carbonyl (C=O) groups is 1. The molecule has 5 heteroatoms. The molecule has 0 saturated carbocycles. The lowest BCUT2D eigenvalue weighted by Gasteiger charge is -2.20. The Kier molecular flexibility index (Phi) is 4.84. The van der Waals surface area contributed by atoms with Gasteiger partial charge >= 0.3 is 0 Å². The summed E-state index contributed by atoms with van der Waals surface area (Å²) < 4.78 is 0. The molecule has 0 unspecified atom stereocenters. The average Bonchev–Trinajstić information content (AvgIpc) is 3.13. The first kappa shape index (κ1) is 16.5. The van der Waals surface area contributed by atoms with Gasteiger partial charge in [0.05, 0.1) is 0 Å². The fourth-order valence-electron chi connectivity index (χ4n) is 3.25. The lowest BCUT2D eigenvalue weighted by atomic mass is 10.0. The van der Waals surface area contributed by atoms with Crippen LogP contribution < -0.4 is 10.2 Å². The number of hydrogen-bond acceptors (Lipinski definition) is 4. The van der Waals surface area contributed by atoms with Gasteiger partial charge in [0.2, 0.25) is 5.91 Å². The van der Waals surface area contributed by atoms with Crippen LogP contribution in [-0.2, 0) is 4.79 Å². The van der Waals surface area contributed by atoms with E-state index in [1.807, 2.05) is 12.1 Å². The van der Waals surface area contributed by atoms with Crippen molar-refractivity contribution in [2.45, 2.75) is 51.1 Å². The Morgan fingerprint density at radius 2 is 2.08 bits per heavy atom. The molecule has 1 aromatic carbocycles. The lowest BCUT2D eigenvalue weighted by molar-refractivity contribution is -0.116. The maximum atomic E-state index is 12.2. The van der Waals surface area contributed by atoms with E-state index in [9.17, 15) is 4.79 Å². The second-order valence-electron chi connectivity index (χ2n) is 6.63. The maximum Gasteiger partial charge on any atom is 0.224 e. The number of carbonyl (C=O) groups excluding carboxylic acids is 1. The topological polar surface area (TPSA) is 57.1 Å². The molecule has 24 heavy (non-hydrogen) atoms. The molecule has 2 aliphatic heterocycles. The fraction of sp³-hybridized carbons (Fsp3) is 0.526. The number of anilines is 2. The molecule has 1 amide bonds. The summed E-state index contributed by atoms with van der Waals surface area (Å²) >= 11 is 0. The summed E-state index contributed by atoms with van der Waals surface area (Å²) in [5, 5.41) is 11.1. The van der Waals surface area contributed by atoms with Gasteiger partial charge in [0, 0.05) is 50.1 Å². The van der Waals surface area contributed by atoms with Crippen LogP contribution in [0, 0.1) is 19.3 Å². The highest BCUT2D eigenvalue weighted by atomic mass is 16.1. The van der Waals surface area contributed by atoms with Gasteiger partial charge in [-0.2, -0.15) is 10.2 Å². The Morgan fingerprint density at radius 3 is 2.71 bits per heavy atom. The summed E-state index contributed by atoms with van der Waals surface area (Å²) in [4.78, 5) is 14.6. The van der Waals surface area contributed by atoms with Gasteiger partial charge in [0.15, 0.2) is 5.66 Å². The van der Waals surface area contributed by atoms with E-state index in [1.165, 1.54) is 24.1 Å². The third-order valence-corrected chi connectivity index (χ3v) is 4.73. The van der Waals surface area contributed by atoms with Crippen molar-refractivity contribution in [1.82, 2.24) is 0 Å². The van der Waals surface area contributed by atoms with E-state index in [2.05, 4.69) is 39.4 Å². The van der Waals surface area contributed by atoms with Crippen LogP contribution in [0.1, 0.15) is 44.1 Å². The number of nitrogens with one attached hydrogen (secondary N) is 1. The molecule has 2 aliphatic rings. The predicted octanol–water partition coefficient (Wildman–Crippen LogP) is 3.89. The molecular formula is C19H24N4O. The third kappa shape index (κ3) is 3.94. The number of aryl methyl sites for hydroxylation is 1. The zero-order valence-electron chi connectivity index (χ0n) is 14.2. The Hall–Kier alpha value is -2.35. The molecule has 0 aromatic heterocycles. The van der Waals surface area contributed by atoms with E-state index >= 15 is 0 Å². The molecule has 2 heterocycles. The van der Waals surface area contributed by atoms with Gasteiger partial charge in [0.1, 0.15) is 0 Å². The highest BCUT2D eigenvalue weighted by Crippen LogP contribution is 2.37. The van der Waals surface area contributed by atoms with Gasteiger partial charge in [-0.05, 0) is 43.5 Å². The number of nitrogens with zero attached hydrogens (tertiary/aromatic N) is 3. The Labute approximate surface area is 143 Å². The second-order valence-corrected chi connectivity index (χ2v) is 6.63. The van der Waals surface area contributed by atoms with Gasteiger partial charge in [0.25, 0.3) is 0 Å². The van der Waals surface area contributed by atoms with Crippen LogP contribution in [0.5, 0.6) is 0 Å². The normalized spacial score (nSPS) is 17.6. The highest BCUT2D eigenvalue weighted by Gasteiger charge is 2.39. The molecule has 0 atom stereocenters. The van der Waals surface area contributed by atoms with Crippen LogP contribution in [0.25, 0.3) is 0 Å². The molecule has 126 valence electrons. The zero-order chi connectivity index (χ0) is 17.0. The number of terminal acetylenes is 1. The Morgan fingerprint density at radius 1 is 1.33 bits per heavy atom. The van der Waals surface area contributed by atoms with E-state index in [1.54, 1.807) is 0 Å². The van der Waals surface area contributed by atoms with Crippen LogP contribution in [0.4, 0.5) is 11.4 Å². The van der Waals surface area contributed by atoms with Crippen molar-refractivity contribution >= 4 is 17.3 Å². The van der Waals surface area contributed by atoms with Crippen LogP contribution in [-0.4, -0.2) is 24.7 Å². The van der Waals surface area contributed by atoms with Crippen molar-refractivity contribution in [1.29, 1.82) is 0 Å². The number of amides is 1. The van der Waals surface area contributed by atoms with E-state index in [-0.39, 0.29) is 11.6 Å². The molecule has 5 nitrogen and oxygen atoms in total. The van der Waals surface area contributed by atoms with Crippen molar-refractivity contribution in [2.75, 3.05) is 23.3 Å². The fourth-order valence-corrected chi connectivity index (χ4v) is 3.25. The largest absolute Gasteiger partial charge is 0.371 e. The van der Waals surface area contributed by atoms with E-state index in [0.29, 0.717) is 19.3 Å². The van der Waals surface area contributed by atoms with Gasteiger partial charge in [-0.1, -0.05) is 0 Å². The van der Waals surface area contributed by atoms with Gasteiger partial charge in [-0.25, -0.2) is 0 Å². The SMILES string of the molecule is C#CCCC1(CCC(=O)Nc2ccc(N3CCCC3)c(C)c2)N=N1. The average molecular weight is 324 g/mol. The molecule has 1 aromatic rings. The molecule has 0 radical (unpaired) electrons. The molecular weight excluding hydrogens is 300 g/mol. The molecule has 1 N–H and O–H groups in total. The van der Waals surface area contributed by atoms with Crippen LogP contribution in [0.2, 0.25) is 0 Å². The quantitative estimate of drug-likeness (QED) is 0.774. The molecule has 0 bridgehead atoms. The summed E-state index contributed by atoms with van der Waals surface area (Å²) in [6.07, 6.45) is 10.2. The summed E-state index contributed by atoms with van der Waals surface area (Å²) in [5.74, 6) is 2.60. The van der Waals surface area contributed by atoms with Crippen molar-refractivity contribution in [3.8, 4) is 12.3 Å². The van der Waals surface area contributed by atoms with Crippen LogP contribution in [0.3, 0.4) is 0 Å². The monoisotopic (exact) mass is 324 g/mol. The first-order chi connectivity index (χ1) is 11.6. The van der Waals surface area contributed by atoms with Gasteiger partial charge in [-0.15, -0.1) is 12.3 Å². The summed E-state index contributed by atoms with van der Waals surface area (Å²) in [7, 11) is 0. The van der Waals surface area contributed by atoms with Crippen LogP contribution in [0.15, 0.2) is 28.4 Å². The number of hydrogen-bond donors (Lipinski definition) is 1. The van der Waals surface area contributed by atoms with E-state index in [0.717, 1.165) is 25.2 Å². The second kappa shape index (κ2) is 7.04. The smallest absolute Gasteiger partial charge is 0.224 e. The summed E-state index contributed by atoms with van der Waals surface area (Å²) in [5.41, 5.74) is 2.93. The minimum absolute atomic E-state index is 0.000653. The minimum Gasteiger partial charge on any atom is -0.371 e. The molecule has 0 aliphatic carbocycles. The molecule has 3 rings (SSSR count). The summed E-state index contributed by atoms with van der Waals surface area (Å²) in [6, 6.07) is 6.14. The number of rotatable bonds is 7. The first-order valence-corrected chi connectivity index (χ1v) is 8.65. The van der Waals surface area contributed by atoms with Crippen LogP contribution >= 0.6 is 0 Å². The summed E-state index contributed by atoms with van der Waals surface area (Å²) in [6.45, 7) is 4.35. The minimum atomic E-state index is -0.390.